The highest BCUT2D eigenvalue weighted by atomic mass is 79.9. The molecule has 3 heteroatoms. The molecule has 1 saturated heterocycles. The van der Waals surface area contributed by atoms with Crippen LogP contribution < -0.4 is 5.73 Å². The van der Waals surface area contributed by atoms with E-state index in [9.17, 15) is 0 Å². The van der Waals surface area contributed by atoms with Gasteiger partial charge in [0.05, 0.1) is 6.04 Å². The molecular weight excluding hydrogens is 324 g/mol. The highest BCUT2D eigenvalue weighted by molar-refractivity contribution is 9.10. The normalized spacial score (nSPS) is 23.5. The molecule has 1 heterocycles. The lowest BCUT2D eigenvalue weighted by Gasteiger charge is -2.40. The van der Waals surface area contributed by atoms with Crippen molar-refractivity contribution >= 4 is 15.9 Å². The van der Waals surface area contributed by atoms with Gasteiger partial charge in [-0.15, -0.1) is 0 Å². The van der Waals surface area contributed by atoms with Gasteiger partial charge in [0.25, 0.3) is 0 Å². The second-order valence-electron chi connectivity index (χ2n) is 6.22. The van der Waals surface area contributed by atoms with Crippen LogP contribution in [0.1, 0.15) is 64.0 Å². The van der Waals surface area contributed by atoms with E-state index in [0.717, 1.165) is 10.9 Å². The average Bonchev–Trinajstić information content (AvgIpc) is 2.74. The van der Waals surface area contributed by atoms with Crippen molar-refractivity contribution in [1.82, 2.24) is 4.90 Å². The zero-order valence-electron chi connectivity index (χ0n) is 13.4. The second kappa shape index (κ2) is 8.30. The topological polar surface area (TPSA) is 29.3 Å². The zero-order chi connectivity index (χ0) is 15.2. The summed E-state index contributed by atoms with van der Waals surface area (Å²) < 4.78 is 1.14. The maximum absolute atomic E-state index is 6.53. The van der Waals surface area contributed by atoms with Crippen LogP contribution in [0.5, 0.6) is 0 Å². The molecule has 0 amide bonds. The summed E-state index contributed by atoms with van der Waals surface area (Å²) in [7, 11) is 0. The fraction of sp³-hybridized carbons (Fsp3) is 0.667. The molecule has 118 valence electrons. The Kier molecular flexibility index (Phi) is 6.72. The van der Waals surface area contributed by atoms with Crippen molar-refractivity contribution in [2.45, 2.75) is 70.5 Å². The van der Waals surface area contributed by atoms with E-state index >= 15 is 0 Å². The molecule has 3 atom stereocenters. The van der Waals surface area contributed by atoms with E-state index in [2.05, 4.69) is 58.9 Å². The molecule has 21 heavy (non-hydrogen) atoms. The molecule has 1 aromatic carbocycles. The van der Waals surface area contributed by atoms with E-state index in [1.165, 1.54) is 44.2 Å². The first-order valence-electron chi connectivity index (χ1n) is 8.44. The summed E-state index contributed by atoms with van der Waals surface area (Å²) in [6, 6.07) is 10.00. The molecule has 1 aromatic rings. The van der Waals surface area contributed by atoms with Crippen molar-refractivity contribution in [2.75, 3.05) is 6.54 Å². The molecule has 2 nitrogen and oxygen atoms in total. The minimum Gasteiger partial charge on any atom is -0.326 e. The Balaban J connectivity index is 2.31. The summed E-state index contributed by atoms with van der Waals surface area (Å²) in [5, 5.41) is 0. The first kappa shape index (κ1) is 17.0. The molecular formula is C18H29BrN2. The lowest BCUT2D eigenvalue weighted by atomic mass is 9.93. The first-order chi connectivity index (χ1) is 10.2. The standard InChI is InChI=1S/C18H29BrN2/c1-3-16-8-6-5-7-13-21(16)18(17(20)4-2)14-9-11-15(19)12-10-14/h9-12,16-18H,3-8,13,20H2,1-2H3. The molecule has 1 aliphatic heterocycles. The van der Waals surface area contributed by atoms with Crippen LogP contribution in [0.2, 0.25) is 0 Å². The lowest BCUT2D eigenvalue weighted by Crippen LogP contribution is -2.45. The van der Waals surface area contributed by atoms with E-state index in [1.54, 1.807) is 0 Å². The lowest BCUT2D eigenvalue weighted by molar-refractivity contribution is 0.112. The van der Waals surface area contributed by atoms with Gasteiger partial charge in [0.1, 0.15) is 0 Å². The third-order valence-corrected chi connectivity index (χ3v) is 5.37. The van der Waals surface area contributed by atoms with Gasteiger partial charge in [0, 0.05) is 16.6 Å². The number of hydrogen-bond acceptors (Lipinski definition) is 2. The van der Waals surface area contributed by atoms with Crippen molar-refractivity contribution in [3.63, 3.8) is 0 Å². The van der Waals surface area contributed by atoms with Crippen molar-refractivity contribution in [1.29, 1.82) is 0 Å². The number of hydrogen-bond donors (Lipinski definition) is 1. The molecule has 2 rings (SSSR count). The molecule has 2 N–H and O–H groups in total. The molecule has 1 aliphatic rings. The number of rotatable bonds is 5. The van der Waals surface area contributed by atoms with Crippen molar-refractivity contribution in [3.8, 4) is 0 Å². The second-order valence-corrected chi connectivity index (χ2v) is 7.13. The average molecular weight is 353 g/mol. The number of halogens is 1. The summed E-state index contributed by atoms with van der Waals surface area (Å²) in [4.78, 5) is 2.70. The van der Waals surface area contributed by atoms with Crippen LogP contribution in [0.25, 0.3) is 0 Å². The Labute approximate surface area is 138 Å². The zero-order valence-corrected chi connectivity index (χ0v) is 15.0. The van der Waals surface area contributed by atoms with Crippen LogP contribution in [0.4, 0.5) is 0 Å². The van der Waals surface area contributed by atoms with Crippen LogP contribution >= 0.6 is 15.9 Å². The van der Waals surface area contributed by atoms with Crippen LogP contribution in [0, 0.1) is 0 Å². The SMILES string of the molecule is CCC(N)C(c1ccc(Br)cc1)N1CCCCCC1CC. The van der Waals surface area contributed by atoms with Crippen LogP contribution in [-0.2, 0) is 0 Å². The Hall–Kier alpha value is -0.380. The van der Waals surface area contributed by atoms with E-state index in [1.807, 2.05) is 0 Å². The number of nitrogens with two attached hydrogens (primary N) is 1. The highest BCUT2D eigenvalue weighted by Crippen LogP contribution is 2.32. The Morgan fingerprint density at radius 3 is 2.52 bits per heavy atom. The van der Waals surface area contributed by atoms with Gasteiger partial charge >= 0.3 is 0 Å². The Morgan fingerprint density at radius 1 is 1.19 bits per heavy atom. The minimum absolute atomic E-state index is 0.207. The molecule has 1 fully saturated rings. The predicted octanol–water partition coefficient (Wildman–Crippen LogP) is 4.88. The summed E-state index contributed by atoms with van der Waals surface area (Å²) in [5.74, 6) is 0. The summed E-state index contributed by atoms with van der Waals surface area (Å²) in [6.07, 6.45) is 7.60. The Bertz CT molecular complexity index is 418. The molecule has 0 aromatic heterocycles. The van der Waals surface area contributed by atoms with Gasteiger partial charge in [-0.1, -0.05) is 54.8 Å². The van der Waals surface area contributed by atoms with Gasteiger partial charge in [0.15, 0.2) is 0 Å². The Morgan fingerprint density at radius 2 is 1.90 bits per heavy atom. The van der Waals surface area contributed by atoms with Crippen molar-refractivity contribution < 1.29 is 0 Å². The third-order valence-electron chi connectivity index (χ3n) is 4.84. The summed E-state index contributed by atoms with van der Waals surface area (Å²) in [5.41, 5.74) is 7.90. The molecule has 0 bridgehead atoms. The van der Waals surface area contributed by atoms with E-state index in [-0.39, 0.29) is 6.04 Å². The quantitative estimate of drug-likeness (QED) is 0.817. The fourth-order valence-corrected chi connectivity index (χ4v) is 3.84. The monoisotopic (exact) mass is 352 g/mol. The van der Waals surface area contributed by atoms with Gasteiger partial charge in [-0.25, -0.2) is 0 Å². The largest absolute Gasteiger partial charge is 0.326 e. The van der Waals surface area contributed by atoms with Crippen molar-refractivity contribution in [3.05, 3.63) is 34.3 Å². The first-order valence-corrected chi connectivity index (χ1v) is 9.23. The van der Waals surface area contributed by atoms with Gasteiger partial charge in [0.2, 0.25) is 0 Å². The maximum Gasteiger partial charge on any atom is 0.0502 e. The highest BCUT2D eigenvalue weighted by Gasteiger charge is 2.31. The molecule has 0 spiro atoms. The summed E-state index contributed by atoms with van der Waals surface area (Å²) in [6.45, 7) is 5.71. The van der Waals surface area contributed by atoms with Crippen molar-refractivity contribution in [2.24, 2.45) is 5.73 Å². The molecule has 0 aliphatic carbocycles. The van der Waals surface area contributed by atoms with Gasteiger partial charge in [-0.2, -0.15) is 0 Å². The van der Waals surface area contributed by atoms with Crippen LogP contribution in [-0.4, -0.2) is 23.5 Å². The maximum atomic E-state index is 6.53. The van der Waals surface area contributed by atoms with Gasteiger partial charge in [-0.3, -0.25) is 4.90 Å². The van der Waals surface area contributed by atoms with E-state index in [4.69, 9.17) is 5.73 Å². The van der Waals surface area contributed by atoms with Crippen LogP contribution in [0.3, 0.4) is 0 Å². The fourth-order valence-electron chi connectivity index (χ4n) is 3.57. The smallest absolute Gasteiger partial charge is 0.0502 e. The number of likely N-dealkylation sites (tertiary alicyclic amines) is 1. The van der Waals surface area contributed by atoms with Gasteiger partial charge < -0.3 is 5.73 Å². The molecule has 3 unspecified atom stereocenters. The number of benzene rings is 1. The number of nitrogens with zero attached hydrogens (tertiary/aromatic N) is 1. The predicted molar refractivity (Wildman–Crippen MR) is 94.4 cm³/mol. The van der Waals surface area contributed by atoms with Gasteiger partial charge in [-0.05, 0) is 49.9 Å². The summed E-state index contributed by atoms with van der Waals surface area (Å²) >= 11 is 3.54. The molecule has 0 radical (unpaired) electrons. The molecule has 0 saturated carbocycles. The van der Waals surface area contributed by atoms with E-state index < -0.39 is 0 Å². The van der Waals surface area contributed by atoms with E-state index in [0.29, 0.717) is 12.1 Å². The van der Waals surface area contributed by atoms with Crippen LogP contribution in [0.15, 0.2) is 28.7 Å². The minimum atomic E-state index is 0.207. The third kappa shape index (κ3) is 4.30.